The average Bonchev–Trinajstić information content (AvgIpc) is 2.97. The summed E-state index contributed by atoms with van der Waals surface area (Å²) in [6, 6.07) is 7.51. The van der Waals surface area contributed by atoms with Crippen LogP contribution in [0, 0.1) is 5.41 Å². The molecule has 0 radical (unpaired) electrons. The van der Waals surface area contributed by atoms with E-state index in [1.54, 1.807) is 35.6 Å². The van der Waals surface area contributed by atoms with Crippen molar-refractivity contribution in [2.24, 2.45) is 0 Å². The highest BCUT2D eigenvalue weighted by Crippen LogP contribution is 2.20. The first-order valence-corrected chi connectivity index (χ1v) is 7.61. The van der Waals surface area contributed by atoms with Gasteiger partial charge in [-0.2, -0.15) is 13.2 Å². The van der Waals surface area contributed by atoms with E-state index in [-0.39, 0.29) is 22.3 Å². The highest BCUT2D eigenvalue weighted by molar-refractivity contribution is 6.04. The zero-order chi connectivity index (χ0) is 19.6. The Morgan fingerprint density at radius 1 is 1.30 bits per heavy atom. The van der Waals surface area contributed by atoms with Gasteiger partial charge in [0.2, 0.25) is 0 Å². The molecule has 2 amide bonds. The maximum Gasteiger partial charge on any atom is 0.405 e. The van der Waals surface area contributed by atoms with Gasteiger partial charge in [0.25, 0.3) is 5.56 Å². The molecule has 0 aliphatic carbocycles. The average molecular weight is 378 g/mol. The molecule has 0 aliphatic rings. The molecule has 2 heterocycles. The molecule has 11 heteroatoms. The summed E-state index contributed by atoms with van der Waals surface area (Å²) >= 11 is 0. The van der Waals surface area contributed by atoms with Crippen molar-refractivity contribution in [3.8, 4) is 5.69 Å². The van der Waals surface area contributed by atoms with Gasteiger partial charge in [-0.1, -0.05) is 18.2 Å². The summed E-state index contributed by atoms with van der Waals surface area (Å²) in [4.78, 5) is 28.1. The number of nitrogens with one attached hydrogen (secondary N) is 4. The molecular formula is C16H13F3N6O2. The third kappa shape index (κ3) is 3.81. The van der Waals surface area contributed by atoms with Gasteiger partial charge >= 0.3 is 12.2 Å². The van der Waals surface area contributed by atoms with Gasteiger partial charge in [0.05, 0.1) is 22.2 Å². The van der Waals surface area contributed by atoms with Crippen LogP contribution in [0.5, 0.6) is 0 Å². The first-order valence-electron chi connectivity index (χ1n) is 7.61. The van der Waals surface area contributed by atoms with E-state index in [1.165, 1.54) is 10.9 Å². The first kappa shape index (κ1) is 18.2. The summed E-state index contributed by atoms with van der Waals surface area (Å²) in [7, 11) is 0. The van der Waals surface area contributed by atoms with Crippen LogP contribution in [0.3, 0.4) is 0 Å². The van der Waals surface area contributed by atoms with Crippen molar-refractivity contribution in [2.75, 3.05) is 11.9 Å². The van der Waals surface area contributed by atoms with Crippen molar-refractivity contribution in [2.45, 2.75) is 6.18 Å². The summed E-state index contributed by atoms with van der Waals surface area (Å²) in [5.74, 6) is -0.154. The van der Waals surface area contributed by atoms with Gasteiger partial charge in [0.15, 0.2) is 0 Å². The van der Waals surface area contributed by atoms with Crippen molar-refractivity contribution < 1.29 is 18.0 Å². The fourth-order valence-electron chi connectivity index (χ4n) is 2.42. The normalized spacial score (nSPS) is 11.4. The number of H-pyrrole nitrogens is 1. The van der Waals surface area contributed by atoms with E-state index in [0.717, 1.165) is 6.21 Å². The number of anilines is 1. The molecule has 140 valence electrons. The van der Waals surface area contributed by atoms with Crippen molar-refractivity contribution in [1.29, 1.82) is 5.41 Å². The Labute approximate surface area is 149 Å². The number of hydrogen-bond donors (Lipinski definition) is 4. The zero-order valence-electron chi connectivity index (χ0n) is 13.6. The molecule has 8 nitrogen and oxygen atoms in total. The summed E-state index contributed by atoms with van der Waals surface area (Å²) in [6.07, 6.45) is -2.53. The number of fused-ring (bicyclic) bond motifs is 1. The van der Waals surface area contributed by atoms with Crippen LogP contribution in [0.25, 0.3) is 16.6 Å². The lowest BCUT2D eigenvalue weighted by Crippen LogP contribution is -2.37. The number of rotatable bonds is 4. The molecule has 4 N–H and O–H groups in total. The van der Waals surface area contributed by atoms with Gasteiger partial charge in [0, 0.05) is 12.4 Å². The Kier molecular flexibility index (Phi) is 4.67. The van der Waals surface area contributed by atoms with Gasteiger partial charge < -0.3 is 10.7 Å². The number of benzene rings is 1. The molecular weight excluding hydrogens is 365 g/mol. The molecule has 0 bridgehead atoms. The monoisotopic (exact) mass is 378 g/mol. The predicted octanol–water partition coefficient (Wildman–Crippen LogP) is 2.40. The number of aromatic nitrogens is 3. The van der Waals surface area contributed by atoms with Crippen LogP contribution in [-0.2, 0) is 0 Å². The second-order valence-electron chi connectivity index (χ2n) is 5.46. The van der Waals surface area contributed by atoms with Crippen LogP contribution in [0.1, 0.15) is 5.56 Å². The molecule has 2 aromatic heterocycles. The largest absolute Gasteiger partial charge is 0.405 e. The van der Waals surface area contributed by atoms with Gasteiger partial charge in [-0.05, 0) is 12.1 Å². The van der Waals surface area contributed by atoms with E-state index in [4.69, 9.17) is 5.41 Å². The highest BCUT2D eigenvalue weighted by Gasteiger charge is 2.28. The van der Waals surface area contributed by atoms with Gasteiger partial charge in [-0.15, -0.1) is 0 Å². The molecule has 0 aliphatic heterocycles. The number of alkyl halides is 3. The number of nitrogens with zero attached hydrogens (tertiary/aromatic N) is 2. The standard InChI is InChI=1S/C16H13F3N6O2/c17-16(18,19)8-22-15(27)23-13-10(6-20)12-11(7-21-13)14(26)25(24-12)9-4-2-1-3-5-9/h1-7,20,24H,8H2,(H2,21,22,23,27). The lowest BCUT2D eigenvalue weighted by Gasteiger charge is -2.10. The molecule has 3 aromatic rings. The fourth-order valence-corrected chi connectivity index (χ4v) is 2.42. The quantitative estimate of drug-likeness (QED) is 0.523. The van der Waals surface area contributed by atoms with Crippen molar-refractivity contribution >= 4 is 29.0 Å². The Balaban J connectivity index is 1.98. The van der Waals surface area contributed by atoms with E-state index in [2.05, 4.69) is 15.4 Å². The van der Waals surface area contributed by atoms with E-state index < -0.39 is 24.3 Å². The van der Waals surface area contributed by atoms with Crippen LogP contribution in [0.15, 0.2) is 41.3 Å². The third-order valence-electron chi connectivity index (χ3n) is 3.61. The molecule has 0 unspecified atom stereocenters. The summed E-state index contributed by atoms with van der Waals surface area (Å²) in [5.41, 5.74) is 0.411. The molecule has 0 saturated carbocycles. The number of carbonyl (C=O) groups is 1. The first-order chi connectivity index (χ1) is 12.8. The number of aromatic amines is 1. The van der Waals surface area contributed by atoms with Crippen LogP contribution >= 0.6 is 0 Å². The van der Waals surface area contributed by atoms with Crippen LogP contribution in [0.2, 0.25) is 0 Å². The molecule has 1 aromatic carbocycles. The van der Waals surface area contributed by atoms with E-state index in [1.807, 2.05) is 0 Å². The van der Waals surface area contributed by atoms with E-state index >= 15 is 0 Å². The van der Waals surface area contributed by atoms with E-state index in [9.17, 15) is 22.8 Å². The maximum absolute atomic E-state index is 12.5. The number of hydrogen-bond acceptors (Lipinski definition) is 4. The smallest absolute Gasteiger partial charge is 0.329 e. The predicted molar refractivity (Wildman–Crippen MR) is 92.7 cm³/mol. The zero-order valence-corrected chi connectivity index (χ0v) is 13.6. The van der Waals surface area contributed by atoms with Crippen LogP contribution in [-0.4, -0.2) is 39.7 Å². The summed E-state index contributed by atoms with van der Waals surface area (Å²) < 4.78 is 37.8. The van der Waals surface area contributed by atoms with E-state index in [0.29, 0.717) is 5.69 Å². The number of carbonyl (C=O) groups excluding carboxylic acids is 1. The van der Waals surface area contributed by atoms with Crippen molar-refractivity contribution in [1.82, 2.24) is 20.1 Å². The number of amides is 2. The van der Waals surface area contributed by atoms with Crippen molar-refractivity contribution in [3.63, 3.8) is 0 Å². The molecule has 0 spiro atoms. The minimum absolute atomic E-state index is 0.0569. The van der Waals surface area contributed by atoms with Crippen molar-refractivity contribution in [3.05, 3.63) is 52.4 Å². The number of para-hydroxylation sites is 1. The minimum Gasteiger partial charge on any atom is -0.329 e. The topological polar surface area (TPSA) is 116 Å². The third-order valence-corrected chi connectivity index (χ3v) is 3.61. The second-order valence-corrected chi connectivity index (χ2v) is 5.46. The Bertz CT molecular complexity index is 1060. The molecule has 0 saturated heterocycles. The molecule has 0 fully saturated rings. The Morgan fingerprint density at radius 2 is 2.00 bits per heavy atom. The van der Waals surface area contributed by atoms with Gasteiger partial charge in [-0.25, -0.2) is 14.5 Å². The van der Waals surface area contributed by atoms with Gasteiger partial charge in [0.1, 0.15) is 12.4 Å². The maximum atomic E-state index is 12.5. The lowest BCUT2D eigenvalue weighted by molar-refractivity contribution is -0.122. The SMILES string of the molecule is N=Cc1c(NC(=O)NCC(F)(F)F)ncc2c(=O)n(-c3ccccc3)[nH]c12. The van der Waals surface area contributed by atoms with Gasteiger partial charge in [-0.3, -0.25) is 15.2 Å². The summed E-state index contributed by atoms with van der Waals surface area (Å²) in [5, 5.41) is 14.3. The Hall–Kier alpha value is -3.63. The molecule has 3 rings (SSSR count). The van der Waals surface area contributed by atoms with Crippen LogP contribution in [0.4, 0.5) is 23.8 Å². The highest BCUT2D eigenvalue weighted by atomic mass is 19.4. The summed E-state index contributed by atoms with van der Waals surface area (Å²) in [6.45, 7) is -1.51. The number of halogens is 3. The number of pyridine rings is 1. The number of urea groups is 1. The minimum atomic E-state index is -4.56. The lowest BCUT2D eigenvalue weighted by atomic mass is 10.2. The fraction of sp³-hybridized carbons (Fsp3) is 0.125. The second kappa shape index (κ2) is 6.94. The van der Waals surface area contributed by atoms with Crippen LogP contribution < -0.4 is 16.2 Å². The Morgan fingerprint density at radius 3 is 2.63 bits per heavy atom. The molecule has 0 atom stereocenters. The molecule has 27 heavy (non-hydrogen) atoms.